The van der Waals surface area contributed by atoms with Gasteiger partial charge in [0.15, 0.2) is 0 Å². The maximum Gasteiger partial charge on any atom is 0.247 e. The third kappa shape index (κ3) is 6.32. The molecule has 0 aromatic heterocycles. The molecule has 7 heteroatoms. The molecule has 3 N–H and O–H groups in total. The van der Waals surface area contributed by atoms with E-state index in [1.54, 1.807) is 0 Å². The summed E-state index contributed by atoms with van der Waals surface area (Å²) in [7, 11) is 0. The van der Waals surface area contributed by atoms with E-state index in [0.29, 0.717) is 12.1 Å². The number of nitrogens with one attached hydrogen (secondary N) is 3. The Morgan fingerprint density at radius 2 is 1.68 bits per heavy atom. The molecule has 1 fully saturated rings. The van der Waals surface area contributed by atoms with E-state index in [-0.39, 0.29) is 36.0 Å². The second kappa shape index (κ2) is 10.8. The number of rotatable bonds is 6. The lowest BCUT2D eigenvalue weighted by molar-refractivity contribution is -0.129. The Bertz CT molecular complexity index is 765. The molecule has 1 atom stereocenters. The molecule has 0 radical (unpaired) electrons. The second-order valence-corrected chi connectivity index (χ2v) is 6.77. The zero-order valence-electron chi connectivity index (χ0n) is 15.5. The normalized spacial score (nSPS) is 15.2. The molecule has 1 saturated heterocycles. The van der Waals surface area contributed by atoms with E-state index in [2.05, 4.69) is 16.0 Å². The van der Waals surface area contributed by atoms with Crippen molar-refractivity contribution in [3.63, 3.8) is 0 Å². The fourth-order valence-corrected chi connectivity index (χ4v) is 3.20. The lowest BCUT2D eigenvalue weighted by Gasteiger charge is -2.25. The molecule has 0 aliphatic carbocycles. The van der Waals surface area contributed by atoms with Crippen molar-refractivity contribution < 1.29 is 14.0 Å². The van der Waals surface area contributed by atoms with Crippen LogP contribution in [0.2, 0.25) is 0 Å². The summed E-state index contributed by atoms with van der Waals surface area (Å²) in [5.74, 6) is -0.851. The third-order valence-corrected chi connectivity index (χ3v) is 4.74. The van der Waals surface area contributed by atoms with Gasteiger partial charge in [0, 0.05) is 18.0 Å². The maximum absolute atomic E-state index is 13.1. The molecule has 0 saturated carbocycles. The number of amides is 2. The number of hydrogen-bond donors (Lipinski definition) is 3. The number of benzene rings is 2. The monoisotopic (exact) mass is 405 g/mol. The van der Waals surface area contributed by atoms with Gasteiger partial charge in [0.25, 0.3) is 0 Å². The summed E-state index contributed by atoms with van der Waals surface area (Å²) in [6.07, 6.45) is 1.93. The molecule has 2 aromatic carbocycles. The van der Waals surface area contributed by atoms with Gasteiger partial charge >= 0.3 is 0 Å². The average molecular weight is 406 g/mol. The Balaban J connectivity index is 0.00000280. The van der Waals surface area contributed by atoms with Gasteiger partial charge in [0.1, 0.15) is 11.9 Å². The molecule has 2 aromatic rings. The standard InChI is InChI=1S/C21H24FN3O2.ClH/c22-17-6-8-18(9-7-17)24-21(27)19(14-15-4-2-1-3-5-15)25-20(26)16-10-12-23-13-11-16;/h1-9,16,19,23H,10-14H2,(H,24,27)(H,25,26);1H/t19-;/m0./s1. The van der Waals surface area contributed by atoms with E-state index >= 15 is 0 Å². The van der Waals surface area contributed by atoms with Gasteiger partial charge in [-0.1, -0.05) is 30.3 Å². The highest BCUT2D eigenvalue weighted by atomic mass is 35.5. The van der Waals surface area contributed by atoms with Gasteiger partial charge in [-0.2, -0.15) is 0 Å². The number of hydrogen-bond acceptors (Lipinski definition) is 3. The molecule has 1 aliphatic rings. The Labute approximate surface area is 170 Å². The fraction of sp³-hybridized carbons (Fsp3) is 0.333. The molecule has 0 unspecified atom stereocenters. The smallest absolute Gasteiger partial charge is 0.247 e. The first kappa shape index (κ1) is 21.9. The van der Waals surface area contributed by atoms with Crippen LogP contribution in [0.3, 0.4) is 0 Å². The minimum Gasteiger partial charge on any atom is -0.344 e. The highest BCUT2D eigenvalue weighted by Crippen LogP contribution is 2.14. The van der Waals surface area contributed by atoms with Crippen LogP contribution < -0.4 is 16.0 Å². The second-order valence-electron chi connectivity index (χ2n) is 6.77. The van der Waals surface area contributed by atoms with Crippen LogP contribution in [0.15, 0.2) is 54.6 Å². The van der Waals surface area contributed by atoms with Crippen LogP contribution in [-0.2, 0) is 16.0 Å². The van der Waals surface area contributed by atoms with Gasteiger partial charge in [-0.15, -0.1) is 12.4 Å². The molecule has 0 spiro atoms. The topological polar surface area (TPSA) is 70.2 Å². The van der Waals surface area contributed by atoms with Crippen molar-refractivity contribution in [2.24, 2.45) is 5.92 Å². The van der Waals surface area contributed by atoms with E-state index in [1.165, 1.54) is 24.3 Å². The van der Waals surface area contributed by atoms with Crippen molar-refractivity contribution >= 4 is 29.9 Å². The summed E-state index contributed by atoms with van der Waals surface area (Å²) in [5, 5.41) is 8.91. The quantitative estimate of drug-likeness (QED) is 0.692. The van der Waals surface area contributed by atoms with E-state index in [0.717, 1.165) is 31.5 Å². The van der Waals surface area contributed by atoms with Crippen LogP contribution in [0.1, 0.15) is 18.4 Å². The number of halogens is 2. The van der Waals surface area contributed by atoms with Crippen LogP contribution in [0.5, 0.6) is 0 Å². The number of piperidine rings is 1. The molecular weight excluding hydrogens is 381 g/mol. The molecular formula is C21H25ClFN3O2. The van der Waals surface area contributed by atoms with Crippen LogP contribution in [0, 0.1) is 11.7 Å². The molecule has 1 aliphatic heterocycles. The van der Waals surface area contributed by atoms with Gasteiger partial charge in [-0.25, -0.2) is 4.39 Å². The van der Waals surface area contributed by atoms with Gasteiger partial charge < -0.3 is 16.0 Å². The minimum atomic E-state index is -0.695. The minimum absolute atomic E-state index is 0. The third-order valence-electron chi connectivity index (χ3n) is 4.74. The van der Waals surface area contributed by atoms with Gasteiger partial charge in [0.2, 0.25) is 11.8 Å². The molecule has 5 nitrogen and oxygen atoms in total. The molecule has 28 heavy (non-hydrogen) atoms. The van der Waals surface area contributed by atoms with E-state index < -0.39 is 6.04 Å². The summed E-state index contributed by atoms with van der Waals surface area (Å²) in [6, 6.07) is 14.4. The Hall–Kier alpha value is -2.44. The van der Waals surface area contributed by atoms with Crippen molar-refractivity contribution in [3.05, 3.63) is 66.0 Å². The number of anilines is 1. The number of carbonyl (C=O) groups excluding carboxylic acids is 2. The molecule has 1 heterocycles. The highest BCUT2D eigenvalue weighted by molar-refractivity contribution is 5.97. The van der Waals surface area contributed by atoms with Crippen LogP contribution in [-0.4, -0.2) is 30.9 Å². The predicted octanol–water partition coefficient (Wildman–Crippen LogP) is 2.91. The first-order valence-electron chi connectivity index (χ1n) is 9.23. The lowest BCUT2D eigenvalue weighted by Crippen LogP contribution is -2.48. The first-order valence-corrected chi connectivity index (χ1v) is 9.23. The average Bonchev–Trinajstić information content (AvgIpc) is 2.70. The van der Waals surface area contributed by atoms with Gasteiger partial charge in [-0.3, -0.25) is 9.59 Å². The largest absolute Gasteiger partial charge is 0.344 e. The van der Waals surface area contributed by atoms with E-state index in [4.69, 9.17) is 0 Å². The Morgan fingerprint density at radius 3 is 2.32 bits per heavy atom. The lowest BCUT2D eigenvalue weighted by atomic mass is 9.96. The van der Waals surface area contributed by atoms with Crippen LogP contribution in [0.25, 0.3) is 0 Å². The van der Waals surface area contributed by atoms with Gasteiger partial charge in [0.05, 0.1) is 0 Å². The summed E-state index contributed by atoms with van der Waals surface area (Å²) >= 11 is 0. The van der Waals surface area contributed by atoms with Crippen molar-refractivity contribution in [2.45, 2.75) is 25.3 Å². The van der Waals surface area contributed by atoms with Crippen molar-refractivity contribution in [1.29, 1.82) is 0 Å². The van der Waals surface area contributed by atoms with Crippen molar-refractivity contribution in [2.75, 3.05) is 18.4 Å². The number of carbonyl (C=O) groups is 2. The highest BCUT2D eigenvalue weighted by Gasteiger charge is 2.27. The maximum atomic E-state index is 13.1. The zero-order chi connectivity index (χ0) is 19.1. The summed E-state index contributed by atoms with van der Waals surface area (Å²) in [6.45, 7) is 1.62. The van der Waals surface area contributed by atoms with Crippen LogP contribution >= 0.6 is 12.4 Å². The zero-order valence-corrected chi connectivity index (χ0v) is 16.3. The molecule has 150 valence electrons. The van der Waals surface area contributed by atoms with Crippen LogP contribution in [0.4, 0.5) is 10.1 Å². The van der Waals surface area contributed by atoms with Gasteiger partial charge in [-0.05, 0) is 55.8 Å². The summed E-state index contributed by atoms with van der Waals surface area (Å²) in [5.41, 5.74) is 1.46. The predicted molar refractivity (Wildman–Crippen MR) is 110 cm³/mol. The van der Waals surface area contributed by atoms with Crippen molar-refractivity contribution in [1.82, 2.24) is 10.6 Å². The summed E-state index contributed by atoms with van der Waals surface area (Å²) in [4.78, 5) is 25.4. The first-order chi connectivity index (χ1) is 13.1. The SMILES string of the molecule is Cl.O=C(N[C@@H](Cc1ccccc1)C(=O)Nc1ccc(F)cc1)C1CCNCC1. The Morgan fingerprint density at radius 1 is 1.04 bits per heavy atom. The van der Waals surface area contributed by atoms with Crippen molar-refractivity contribution in [3.8, 4) is 0 Å². The molecule has 0 bridgehead atoms. The Kier molecular flexibility index (Phi) is 8.42. The van der Waals surface area contributed by atoms with E-state index in [9.17, 15) is 14.0 Å². The molecule has 2 amide bonds. The fourth-order valence-electron chi connectivity index (χ4n) is 3.20. The molecule has 3 rings (SSSR count). The summed E-state index contributed by atoms with van der Waals surface area (Å²) < 4.78 is 13.1. The van der Waals surface area contributed by atoms with E-state index in [1.807, 2.05) is 30.3 Å².